The third-order valence-electron chi connectivity index (χ3n) is 3.78. The first-order valence-corrected chi connectivity index (χ1v) is 7.70. The summed E-state index contributed by atoms with van der Waals surface area (Å²) < 4.78 is 10.3. The van der Waals surface area contributed by atoms with E-state index in [0.717, 1.165) is 5.56 Å². The first-order valence-electron chi connectivity index (χ1n) is 7.70. The van der Waals surface area contributed by atoms with Gasteiger partial charge in [-0.2, -0.15) is 0 Å². The van der Waals surface area contributed by atoms with Gasteiger partial charge in [0, 0.05) is 12.2 Å². The predicted molar refractivity (Wildman–Crippen MR) is 92.2 cm³/mol. The number of esters is 1. The van der Waals surface area contributed by atoms with Gasteiger partial charge in [0.15, 0.2) is 0 Å². The quantitative estimate of drug-likeness (QED) is 0.458. The minimum absolute atomic E-state index is 0.192. The maximum absolute atomic E-state index is 12.6. The molecule has 5 nitrogen and oxygen atoms in total. The molecule has 1 amide bonds. The van der Waals surface area contributed by atoms with Crippen molar-refractivity contribution in [2.24, 2.45) is 0 Å². The van der Waals surface area contributed by atoms with Gasteiger partial charge >= 0.3 is 5.97 Å². The number of benzene rings is 1. The minimum Gasteiger partial charge on any atom is -0.490 e. The first kappa shape index (κ1) is 17.5. The molecule has 0 aromatic heterocycles. The first-order chi connectivity index (χ1) is 11.5. The number of likely N-dealkylation sites (N-methyl/N-ethyl adjacent to an activating group) is 1. The van der Waals surface area contributed by atoms with Crippen molar-refractivity contribution in [2.75, 3.05) is 20.3 Å². The standard InChI is InChI=1S/C19H21NO4/c1-5-11-24-15-9-7-14(8-10-15)12-16-17(19(22)23-4)13(3)20(6-2)18(16)21/h5,7-10,12H,1,6,11H2,2-4H3/b16-12-. The Hall–Kier alpha value is -2.82. The van der Waals surface area contributed by atoms with E-state index in [1.807, 2.05) is 19.1 Å². The molecule has 1 aromatic rings. The molecule has 0 aliphatic carbocycles. The fraction of sp³-hybridized carbons (Fsp3) is 0.263. The maximum Gasteiger partial charge on any atom is 0.340 e. The summed E-state index contributed by atoms with van der Waals surface area (Å²) in [5, 5.41) is 0. The van der Waals surface area contributed by atoms with E-state index in [1.54, 1.807) is 36.1 Å². The van der Waals surface area contributed by atoms with Crippen molar-refractivity contribution < 1.29 is 19.1 Å². The zero-order chi connectivity index (χ0) is 17.7. The van der Waals surface area contributed by atoms with Crippen molar-refractivity contribution in [1.29, 1.82) is 0 Å². The summed E-state index contributed by atoms with van der Waals surface area (Å²) in [4.78, 5) is 26.2. The van der Waals surface area contributed by atoms with Crippen LogP contribution in [0.15, 0.2) is 53.8 Å². The van der Waals surface area contributed by atoms with Gasteiger partial charge in [0.05, 0.1) is 18.3 Å². The summed E-state index contributed by atoms with van der Waals surface area (Å²) in [7, 11) is 1.31. The second-order valence-electron chi connectivity index (χ2n) is 5.23. The second-order valence-corrected chi connectivity index (χ2v) is 5.23. The maximum atomic E-state index is 12.6. The second kappa shape index (κ2) is 7.64. The average molecular weight is 327 g/mol. The van der Waals surface area contributed by atoms with Gasteiger partial charge in [-0.15, -0.1) is 0 Å². The molecule has 5 heteroatoms. The fourth-order valence-corrected chi connectivity index (χ4v) is 2.59. The van der Waals surface area contributed by atoms with Gasteiger partial charge in [0.1, 0.15) is 12.4 Å². The molecule has 1 aliphatic rings. The topological polar surface area (TPSA) is 55.8 Å². The molecular weight excluding hydrogens is 306 g/mol. The van der Waals surface area contributed by atoms with Gasteiger partial charge < -0.3 is 14.4 Å². The van der Waals surface area contributed by atoms with E-state index in [-0.39, 0.29) is 5.91 Å². The molecule has 1 aromatic carbocycles. The van der Waals surface area contributed by atoms with Crippen LogP contribution in [-0.4, -0.2) is 37.0 Å². The molecule has 0 saturated carbocycles. The van der Waals surface area contributed by atoms with Crippen LogP contribution in [0.25, 0.3) is 6.08 Å². The van der Waals surface area contributed by atoms with E-state index < -0.39 is 5.97 Å². The van der Waals surface area contributed by atoms with Gasteiger partial charge in [-0.1, -0.05) is 24.8 Å². The van der Waals surface area contributed by atoms with E-state index in [0.29, 0.717) is 35.7 Å². The van der Waals surface area contributed by atoms with Gasteiger partial charge in [0.25, 0.3) is 5.91 Å². The number of methoxy groups -OCH3 is 1. The Morgan fingerprint density at radius 2 is 1.96 bits per heavy atom. The summed E-state index contributed by atoms with van der Waals surface area (Å²) >= 11 is 0. The smallest absolute Gasteiger partial charge is 0.340 e. The van der Waals surface area contributed by atoms with Crippen LogP contribution in [0.3, 0.4) is 0 Å². The van der Waals surface area contributed by atoms with Crippen molar-refractivity contribution in [2.45, 2.75) is 13.8 Å². The predicted octanol–water partition coefficient (Wildman–Crippen LogP) is 2.94. The van der Waals surface area contributed by atoms with Gasteiger partial charge in [0.2, 0.25) is 0 Å². The third-order valence-corrected chi connectivity index (χ3v) is 3.78. The van der Waals surface area contributed by atoms with Crippen LogP contribution in [0.2, 0.25) is 0 Å². The van der Waals surface area contributed by atoms with E-state index >= 15 is 0 Å². The van der Waals surface area contributed by atoms with Crippen LogP contribution in [0.1, 0.15) is 19.4 Å². The number of carbonyl (C=O) groups is 2. The van der Waals surface area contributed by atoms with Crippen molar-refractivity contribution in [1.82, 2.24) is 4.90 Å². The van der Waals surface area contributed by atoms with Crippen molar-refractivity contribution >= 4 is 18.0 Å². The van der Waals surface area contributed by atoms with Crippen LogP contribution in [0, 0.1) is 0 Å². The molecular formula is C19H21NO4. The highest BCUT2D eigenvalue weighted by Gasteiger charge is 2.35. The SMILES string of the molecule is C=CCOc1ccc(/C=C2\C(=O)N(CC)C(C)=C2C(=O)OC)cc1. The third kappa shape index (κ3) is 3.40. The van der Waals surface area contributed by atoms with Crippen molar-refractivity contribution in [3.63, 3.8) is 0 Å². The highest BCUT2D eigenvalue weighted by molar-refractivity contribution is 6.16. The molecule has 0 N–H and O–H groups in total. The zero-order valence-electron chi connectivity index (χ0n) is 14.2. The molecule has 126 valence electrons. The van der Waals surface area contributed by atoms with E-state index in [1.165, 1.54) is 7.11 Å². The molecule has 0 radical (unpaired) electrons. The molecule has 1 heterocycles. The monoisotopic (exact) mass is 327 g/mol. The largest absolute Gasteiger partial charge is 0.490 e. The van der Waals surface area contributed by atoms with Crippen LogP contribution in [0.4, 0.5) is 0 Å². The summed E-state index contributed by atoms with van der Waals surface area (Å²) in [6, 6.07) is 7.28. The number of allylic oxidation sites excluding steroid dienone is 1. The lowest BCUT2D eigenvalue weighted by molar-refractivity contribution is -0.136. The number of nitrogens with zero attached hydrogens (tertiary/aromatic N) is 1. The zero-order valence-corrected chi connectivity index (χ0v) is 14.2. The lowest BCUT2D eigenvalue weighted by Gasteiger charge is -2.14. The van der Waals surface area contributed by atoms with Crippen LogP contribution < -0.4 is 4.74 Å². The van der Waals surface area contributed by atoms with Crippen molar-refractivity contribution in [3.8, 4) is 5.75 Å². The molecule has 0 fully saturated rings. The minimum atomic E-state index is -0.506. The summed E-state index contributed by atoms with van der Waals surface area (Å²) in [5.41, 5.74) is 2.08. The molecule has 24 heavy (non-hydrogen) atoms. The molecule has 0 unspecified atom stereocenters. The number of amides is 1. The molecule has 2 rings (SSSR count). The number of ether oxygens (including phenoxy) is 2. The fourth-order valence-electron chi connectivity index (χ4n) is 2.59. The Kier molecular flexibility index (Phi) is 5.58. The Bertz CT molecular complexity index is 713. The van der Waals surface area contributed by atoms with Gasteiger partial charge in [-0.3, -0.25) is 4.79 Å². The van der Waals surface area contributed by atoms with Crippen LogP contribution in [0.5, 0.6) is 5.75 Å². The normalized spacial score (nSPS) is 15.9. The lowest BCUT2D eigenvalue weighted by atomic mass is 10.0. The number of hydrogen-bond acceptors (Lipinski definition) is 4. The molecule has 1 aliphatic heterocycles. The highest BCUT2D eigenvalue weighted by Crippen LogP contribution is 2.31. The Morgan fingerprint density at radius 3 is 2.50 bits per heavy atom. The highest BCUT2D eigenvalue weighted by atomic mass is 16.5. The van der Waals surface area contributed by atoms with E-state index in [2.05, 4.69) is 6.58 Å². The summed E-state index contributed by atoms with van der Waals surface area (Å²) in [6.07, 6.45) is 3.37. The lowest BCUT2D eigenvalue weighted by Crippen LogP contribution is -2.24. The Balaban J connectivity index is 2.37. The van der Waals surface area contributed by atoms with Crippen molar-refractivity contribution in [3.05, 3.63) is 59.3 Å². The Labute approximate surface area is 141 Å². The summed E-state index contributed by atoms with van der Waals surface area (Å²) in [5.74, 6) is 0.0151. The average Bonchev–Trinajstić information content (AvgIpc) is 2.83. The van der Waals surface area contributed by atoms with E-state index in [4.69, 9.17) is 9.47 Å². The molecule has 0 spiro atoms. The molecule has 0 atom stereocenters. The van der Waals surface area contributed by atoms with Crippen LogP contribution in [-0.2, 0) is 14.3 Å². The van der Waals surface area contributed by atoms with Gasteiger partial charge in [-0.05, 0) is 37.6 Å². The number of carbonyl (C=O) groups excluding carboxylic acids is 2. The number of rotatable bonds is 6. The Morgan fingerprint density at radius 1 is 1.29 bits per heavy atom. The number of hydrogen-bond donors (Lipinski definition) is 0. The molecule has 0 saturated heterocycles. The molecule has 0 bridgehead atoms. The van der Waals surface area contributed by atoms with E-state index in [9.17, 15) is 9.59 Å². The van der Waals surface area contributed by atoms with Gasteiger partial charge in [-0.25, -0.2) is 4.79 Å². The summed E-state index contributed by atoms with van der Waals surface area (Å²) in [6.45, 7) is 8.14. The van der Waals surface area contributed by atoms with Crippen LogP contribution >= 0.6 is 0 Å².